The van der Waals surface area contributed by atoms with Crippen LogP contribution in [-0.2, 0) is 6.54 Å². The molecular formula is C21H32N4O3. The first-order valence-corrected chi connectivity index (χ1v) is 9.48. The summed E-state index contributed by atoms with van der Waals surface area (Å²) in [5.41, 5.74) is 5.82. The zero-order valence-electron chi connectivity index (χ0n) is 17.5. The topological polar surface area (TPSA) is 102 Å². The lowest BCUT2D eigenvalue weighted by Crippen LogP contribution is -2.48. The molecule has 2 rings (SSSR count). The number of hydrogen-bond donors (Lipinski definition) is 3. The third-order valence-corrected chi connectivity index (χ3v) is 4.80. The van der Waals surface area contributed by atoms with Gasteiger partial charge in [-0.15, -0.1) is 0 Å². The van der Waals surface area contributed by atoms with E-state index in [2.05, 4.69) is 11.9 Å². The molecule has 0 unspecified atom stereocenters. The minimum Gasteiger partial charge on any atom is -0.402 e. The van der Waals surface area contributed by atoms with Crippen molar-refractivity contribution < 1.29 is 9.90 Å². The smallest absolute Gasteiger partial charge is 0.337 e. The van der Waals surface area contributed by atoms with Gasteiger partial charge in [0.2, 0.25) is 0 Å². The highest BCUT2D eigenvalue weighted by Crippen LogP contribution is 2.24. The summed E-state index contributed by atoms with van der Waals surface area (Å²) in [6.07, 6.45) is 0.807. The van der Waals surface area contributed by atoms with E-state index in [1.54, 1.807) is 32.0 Å². The van der Waals surface area contributed by atoms with Gasteiger partial charge in [0.1, 0.15) is 0 Å². The molecule has 0 spiro atoms. The first-order chi connectivity index (χ1) is 12.8. The van der Waals surface area contributed by atoms with Crippen molar-refractivity contribution in [2.24, 2.45) is 11.1 Å². The molecule has 1 heterocycles. The third kappa shape index (κ3) is 5.04. The van der Waals surface area contributed by atoms with Crippen LogP contribution in [0.1, 0.15) is 47.5 Å². The number of rotatable bonds is 6. The molecule has 154 valence electrons. The van der Waals surface area contributed by atoms with Crippen LogP contribution < -0.4 is 16.7 Å². The molecule has 7 nitrogen and oxygen atoms in total. The fraction of sp³-hybridized carbons (Fsp3) is 0.524. The average molecular weight is 389 g/mol. The number of nitrogens with zero attached hydrogens (tertiary/aromatic N) is 2. The highest BCUT2D eigenvalue weighted by Gasteiger charge is 2.28. The van der Waals surface area contributed by atoms with Gasteiger partial charge in [0, 0.05) is 24.7 Å². The van der Waals surface area contributed by atoms with Crippen molar-refractivity contribution >= 4 is 17.1 Å². The highest BCUT2D eigenvalue weighted by atomic mass is 16.3. The van der Waals surface area contributed by atoms with Gasteiger partial charge in [0.05, 0.1) is 16.6 Å². The summed E-state index contributed by atoms with van der Waals surface area (Å²) in [5, 5.41) is 13.0. The molecule has 1 aromatic heterocycles. The lowest BCUT2D eigenvalue weighted by molar-refractivity contribution is 0.0663. The van der Waals surface area contributed by atoms with Crippen molar-refractivity contribution in [2.75, 3.05) is 0 Å². The number of amides is 1. The summed E-state index contributed by atoms with van der Waals surface area (Å²) in [7, 11) is 0. The summed E-state index contributed by atoms with van der Waals surface area (Å²) < 4.78 is 2.68. The van der Waals surface area contributed by atoms with Gasteiger partial charge < -0.3 is 16.2 Å². The van der Waals surface area contributed by atoms with Crippen molar-refractivity contribution in [1.29, 1.82) is 0 Å². The quantitative estimate of drug-likeness (QED) is 0.708. The van der Waals surface area contributed by atoms with Crippen molar-refractivity contribution in [1.82, 2.24) is 14.5 Å². The maximum atomic E-state index is 13.1. The second kappa shape index (κ2) is 7.83. The number of fused-ring (bicyclic) bond motifs is 1. The van der Waals surface area contributed by atoms with Crippen LogP contribution in [0.4, 0.5) is 4.79 Å². The Balaban J connectivity index is 2.46. The first kappa shape index (κ1) is 21.8. The molecule has 1 aromatic carbocycles. The molecule has 0 aliphatic rings. The van der Waals surface area contributed by atoms with E-state index in [-0.39, 0.29) is 11.5 Å². The normalized spacial score (nSPS) is 13.5. The second-order valence-corrected chi connectivity index (χ2v) is 9.05. The number of hydrogen-bond acceptors (Lipinski definition) is 4. The molecule has 0 saturated carbocycles. The van der Waals surface area contributed by atoms with Gasteiger partial charge in [0.15, 0.2) is 0 Å². The van der Waals surface area contributed by atoms with E-state index in [0.29, 0.717) is 36.1 Å². The zero-order chi connectivity index (χ0) is 21.3. The number of nitrogens with two attached hydrogens (primary N) is 1. The molecule has 0 bridgehead atoms. The lowest BCUT2D eigenvalue weighted by atomic mass is 9.84. The number of aliphatic hydroxyl groups is 1. The van der Waals surface area contributed by atoms with Crippen LogP contribution in [0.5, 0.6) is 0 Å². The summed E-state index contributed by atoms with van der Waals surface area (Å²) in [5.74, 6) is 0. The van der Waals surface area contributed by atoms with Crippen LogP contribution in [0.25, 0.3) is 11.0 Å². The minimum atomic E-state index is -0.913. The molecule has 0 fully saturated rings. The Bertz CT molecular complexity index is 926. The Morgan fingerprint density at radius 1 is 1.21 bits per heavy atom. The Labute approximate surface area is 165 Å². The van der Waals surface area contributed by atoms with Gasteiger partial charge in [0.25, 0.3) is 0 Å². The third-order valence-electron chi connectivity index (χ3n) is 4.80. The van der Waals surface area contributed by atoms with Gasteiger partial charge in [-0.25, -0.2) is 14.2 Å². The fourth-order valence-electron chi connectivity index (χ4n) is 3.06. The fourth-order valence-corrected chi connectivity index (χ4v) is 3.06. The summed E-state index contributed by atoms with van der Waals surface area (Å²) in [6.45, 7) is 13.4. The van der Waals surface area contributed by atoms with E-state index in [0.717, 1.165) is 4.57 Å². The van der Waals surface area contributed by atoms with E-state index < -0.39 is 17.3 Å². The summed E-state index contributed by atoms with van der Waals surface area (Å²) >= 11 is 0. The Morgan fingerprint density at radius 2 is 1.79 bits per heavy atom. The van der Waals surface area contributed by atoms with Crippen LogP contribution in [-0.4, -0.2) is 31.9 Å². The van der Waals surface area contributed by atoms with E-state index >= 15 is 0 Å². The highest BCUT2D eigenvalue weighted by molar-refractivity contribution is 5.89. The minimum absolute atomic E-state index is 0.263. The molecule has 1 atom stereocenters. The van der Waals surface area contributed by atoms with Crippen LogP contribution >= 0.6 is 0 Å². The molecule has 0 aliphatic heterocycles. The van der Waals surface area contributed by atoms with Gasteiger partial charge in [-0.1, -0.05) is 39.5 Å². The molecule has 7 heteroatoms. The Kier molecular flexibility index (Phi) is 6.09. The van der Waals surface area contributed by atoms with E-state index in [4.69, 9.17) is 5.73 Å². The first-order valence-electron chi connectivity index (χ1n) is 9.48. The number of aromatic nitrogens is 2. The Hall–Kier alpha value is -2.54. The predicted molar refractivity (Wildman–Crippen MR) is 112 cm³/mol. The molecule has 4 N–H and O–H groups in total. The number of nitrogens with one attached hydrogen (secondary N) is 1. The molecule has 28 heavy (non-hydrogen) atoms. The molecular weight excluding hydrogens is 356 g/mol. The zero-order valence-corrected chi connectivity index (χ0v) is 17.5. The number of benzene rings is 1. The van der Waals surface area contributed by atoms with Crippen molar-refractivity contribution in [3.8, 4) is 0 Å². The largest absolute Gasteiger partial charge is 0.402 e. The molecule has 0 saturated heterocycles. The number of carbonyl (C=O) groups excluding carboxylic acids is 1. The van der Waals surface area contributed by atoms with Crippen LogP contribution in [0, 0.1) is 5.41 Å². The van der Waals surface area contributed by atoms with E-state index in [1.165, 1.54) is 4.57 Å². The predicted octanol–water partition coefficient (Wildman–Crippen LogP) is 2.80. The molecule has 0 aliphatic carbocycles. The van der Waals surface area contributed by atoms with Crippen molar-refractivity contribution in [3.05, 3.63) is 47.0 Å². The summed E-state index contributed by atoms with van der Waals surface area (Å²) in [6, 6.07) is 6.38. The molecule has 1 amide bonds. The molecule has 0 radical (unpaired) electrons. The molecule has 2 aromatic rings. The monoisotopic (exact) mass is 388 g/mol. The summed E-state index contributed by atoms with van der Waals surface area (Å²) in [4.78, 5) is 26.1. The van der Waals surface area contributed by atoms with Gasteiger partial charge in [-0.05, 0) is 37.8 Å². The SMILES string of the molecule is C=C(N)C[C@@H](NC(=O)n1c(=O)n(CCC(C)(C)O)c2ccccc21)C(C)(C)C. The maximum Gasteiger partial charge on any atom is 0.337 e. The maximum absolute atomic E-state index is 13.1. The standard InChI is InChI=1S/C21H32N4O3/c1-14(22)13-17(20(2,3)4)23-18(26)25-16-10-8-7-9-15(16)24(19(25)27)12-11-21(5,6)28/h7-10,17,28H,1,11-13,22H2,2-6H3,(H,23,26)/t17-/m1/s1. The lowest BCUT2D eigenvalue weighted by Gasteiger charge is -2.31. The van der Waals surface area contributed by atoms with Gasteiger partial charge in [-0.2, -0.15) is 0 Å². The second-order valence-electron chi connectivity index (χ2n) is 9.05. The van der Waals surface area contributed by atoms with Crippen LogP contribution in [0.15, 0.2) is 41.3 Å². The number of imidazole rings is 1. The van der Waals surface area contributed by atoms with Crippen LogP contribution in [0.3, 0.4) is 0 Å². The van der Waals surface area contributed by atoms with Crippen molar-refractivity contribution in [2.45, 2.75) is 65.6 Å². The Morgan fingerprint density at radius 3 is 2.29 bits per heavy atom. The average Bonchev–Trinajstić information content (AvgIpc) is 2.81. The van der Waals surface area contributed by atoms with Gasteiger partial charge in [-0.3, -0.25) is 4.57 Å². The van der Waals surface area contributed by atoms with Gasteiger partial charge >= 0.3 is 11.7 Å². The number of carbonyl (C=O) groups is 1. The van der Waals surface area contributed by atoms with E-state index in [1.807, 2.05) is 26.8 Å². The number of aryl methyl sites for hydroxylation is 1. The van der Waals surface area contributed by atoms with Crippen LogP contribution in [0.2, 0.25) is 0 Å². The van der Waals surface area contributed by atoms with E-state index in [9.17, 15) is 14.7 Å². The number of para-hydroxylation sites is 2. The van der Waals surface area contributed by atoms with Crippen molar-refractivity contribution in [3.63, 3.8) is 0 Å².